The summed E-state index contributed by atoms with van der Waals surface area (Å²) in [5, 5.41) is 0. The van der Waals surface area contributed by atoms with Crippen molar-refractivity contribution in [2.45, 2.75) is 0 Å². The topological polar surface area (TPSA) is 0 Å². The molecule has 0 aliphatic rings. The molecule has 0 rings (SSSR count). The van der Waals surface area contributed by atoms with Crippen LogP contribution in [0.4, 0.5) is 0 Å². The summed E-state index contributed by atoms with van der Waals surface area (Å²) in [6, 6.07) is 0. The molecule has 0 unspecified atom stereocenters. The van der Waals surface area contributed by atoms with Crippen molar-refractivity contribution in [3.8, 4) is 0 Å². The second kappa shape index (κ2) is 17.0. The van der Waals surface area contributed by atoms with Gasteiger partial charge in [-0.25, -0.2) is 0 Å². The van der Waals surface area contributed by atoms with E-state index in [1.807, 2.05) is 0 Å². The number of hydrogen-bond acceptors (Lipinski definition) is 0. The van der Waals surface area contributed by atoms with Gasteiger partial charge in [-0.3, -0.25) is 0 Å². The maximum absolute atomic E-state index is 0. The molecular formula is H7BClNaRa. The molecule has 0 aliphatic carbocycles. The van der Waals surface area contributed by atoms with E-state index in [-0.39, 0.29) is 95.4 Å². The van der Waals surface area contributed by atoms with Gasteiger partial charge in [0.25, 0.3) is 0 Å². The molecule has 4 heavy (non-hydrogen) atoms. The van der Waals surface area contributed by atoms with Gasteiger partial charge in [-0.1, -0.05) is 0 Å². The zero-order valence-corrected chi connectivity index (χ0v) is 1.22. The summed E-state index contributed by atoms with van der Waals surface area (Å²) in [6.07, 6.45) is 0. The van der Waals surface area contributed by atoms with Crippen molar-refractivity contribution in [2.24, 2.45) is 0 Å². The van der Waals surface area contributed by atoms with Gasteiger partial charge < -0.3 is 0 Å². The molecule has 0 N–H and O–H groups in total. The molecule has 0 fully saturated rings. The predicted octanol–water partition coefficient (Wildman–Crippen LogP) is -1.95. The van der Waals surface area contributed by atoms with Crippen LogP contribution in [0.15, 0.2) is 0 Å². The van der Waals surface area contributed by atoms with Crippen LogP contribution in [-0.4, -0.2) is 38.0 Å². The summed E-state index contributed by atoms with van der Waals surface area (Å²) in [6.45, 7) is 0. The predicted molar refractivity (Wildman–Crippen MR) is 27.1 cm³/mol. The minimum atomic E-state index is 0. The summed E-state index contributed by atoms with van der Waals surface area (Å²) in [7, 11) is 0. The Kier molecular flexibility index (Phi) is 123. The fourth-order valence-electron chi connectivity index (χ4n) is 0. The molecule has 0 bridgehead atoms. The van der Waals surface area contributed by atoms with E-state index in [9.17, 15) is 0 Å². The zero-order chi connectivity index (χ0) is 0. The molecule has 4 heteroatoms. The first-order chi connectivity index (χ1) is 0. The molecule has 0 aliphatic heterocycles. The molecule has 0 spiro atoms. The Hall–Kier alpha value is 2.82. The van der Waals surface area contributed by atoms with E-state index in [2.05, 4.69) is 0 Å². The Morgan fingerprint density at radius 3 is 1.00 bits per heavy atom. The van der Waals surface area contributed by atoms with E-state index in [0.29, 0.717) is 0 Å². The Morgan fingerprint density at radius 2 is 1.00 bits per heavy atom. The van der Waals surface area contributed by atoms with Crippen LogP contribution in [0.1, 0.15) is 0 Å². The van der Waals surface area contributed by atoms with E-state index in [0.717, 1.165) is 0 Å². The van der Waals surface area contributed by atoms with Crippen LogP contribution >= 0.6 is 12.4 Å². The van der Waals surface area contributed by atoms with E-state index >= 15 is 0 Å². The summed E-state index contributed by atoms with van der Waals surface area (Å²) in [5.41, 5.74) is 0. The summed E-state index contributed by atoms with van der Waals surface area (Å²) in [4.78, 5) is 0. The second-order valence-electron chi connectivity index (χ2n) is 0. The minimum absolute atomic E-state index is 0. The monoisotopic (exact) mass is 302 g/mol. The average Bonchev–Trinajstić information content (AvgIpc) is 0. The standard InChI is InChI=1S/BH3.ClH.Na.Ra.3H/h1H3;1H;;;;;. The number of rotatable bonds is 0. The van der Waals surface area contributed by atoms with Crippen molar-refractivity contribution in [2.75, 3.05) is 0 Å². The first-order valence-electron chi connectivity index (χ1n) is 0. The van der Waals surface area contributed by atoms with Crippen LogP contribution in [0.5, 0.6) is 0 Å². The summed E-state index contributed by atoms with van der Waals surface area (Å²) >= 11 is 0. The van der Waals surface area contributed by atoms with Crippen molar-refractivity contribution in [3.05, 3.63) is 0 Å². The summed E-state index contributed by atoms with van der Waals surface area (Å²) in [5.74, 6) is 0. The van der Waals surface area contributed by atoms with Gasteiger partial charge in [0, 0.05) is 0 Å². The van der Waals surface area contributed by atoms with Crippen LogP contribution in [0.25, 0.3) is 0 Å². The van der Waals surface area contributed by atoms with Crippen LogP contribution in [0.2, 0.25) is 0 Å². The van der Waals surface area contributed by atoms with Crippen LogP contribution in [-0.2, 0) is 0 Å². The number of halogens is 1. The van der Waals surface area contributed by atoms with Crippen molar-refractivity contribution in [1.29, 1.82) is 0 Å². The van der Waals surface area contributed by atoms with Gasteiger partial charge in [0.05, 0.1) is 8.41 Å². The van der Waals surface area contributed by atoms with Gasteiger partial charge in [-0.15, -0.1) is 12.4 Å². The Bertz CT molecular complexity index is 8.00. The van der Waals surface area contributed by atoms with Crippen molar-refractivity contribution in [1.82, 2.24) is 0 Å². The van der Waals surface area contributed by atoms with Gasteiger partial charge in [0.15, 0.2) is 0 Å². The van der Waals surface area contributed by atoms with Crippen molar-refractivity contribution >= 4 is 50.4 Å². The van der Waals surface area contributed by atoms with Gasteiger partial charge in [-0.05, 0) is 0 Å². The molecule has 0 heterocycles. The summed E-state index contributed by atoms with van der Waals surface area (Å²) < 4.78 is 0. The molecule has 0 saturated heterocycles. The van der Waals surface area contributed by atoms with Crippen molar-refractivity contribution in [3.63, 3.8) is 0 Å². The molecule has 0 aromatic heterocycles. The van der Waals surface area contributed by atoms with Crippen LogP contribution < -0.4 is 0 Å². The molecular weight excluding hydrogens is 295 g/mol. The third kappa shape index (κ3) is 8.85. The SMILES string of the molecule is B.Cl.[NaH].[RaH2]. The van der Waals surface area contributed by atoms with Gasteiger partial charge >= 0.3 is 74.6 Å². The molecule has 0 saturated carbocycles. The first kappa shape index (κ1) is 29.0. The third-order valence-corrected chi connectivity index (χ3v) is 0. The molecule has 0 atom stereocenters. The zero-order valence-electron chi connectivity index (χ0n) is 0.408. The molecule has 0 radical (unpaired) electrons. The van der Waals surface area contributed by atoms with E-state index in [1.54, 1.807) is 0 Å². The van der Waals surface area contributed by atoms with Crippen LogP contribution in [0, 0.1) is 45.0 Å². The molecule has 0 aromatic carbocycles. The fourth-order valence-corrected chi connectivity index (χ4v) is 0. The second-order valence-corrected chi connectivity index (χ2v) is 0. The van der Waals surface area contributed by atoms with E-state index in [1.165, 1.54) is 0 Å². The Labute approximate surface area is 93.2 Å². The van der Waals surface area contributed by atoms with Gasteiger partial charge in [-0.2, -0.15) is 0 Å². The molecule has 0 aromatic rings. The third-order valence-electron chi connectivity index (χ3n) is 0. The Morgan fingerprint density at radius 1 is 1.00 bits per heavy atom. The normalized spacial score (nSPS) is 0. The fraction of sp³-hybridized carbons (Fsp3) is 0. The van der Waals surface area contributed by atoms with Crippen LogP contribution in [0.3, 0.4) is 0 Å². The van der Waals surface area contributed by atoms with E-state index in [4.69, 9.17) is 0 Å². The van der Waals surface area contributed by atoms with Crippen molar-refractivity contribution < 1.29 is 45.0 Å². The number of hydrogen-bond donors (Lipinski definition) is 0. The molecule has 0 amide bonds. The first-order valence-corrected chi connectivity index (χ1v) is 0. The quantitative estimate of drug-likeness (QED) is 0.457. The Balaban J connectivity index is 0. The van der Waals surface area contributed by atoms with Gasteiger partial charge in [0.1, 0.15) is 0 Å². The average molecular weight is 302 g/mol. The van der Waals surface area contributed by atoms with Gasteiger partial charge in [0.2, 0.25) is 0 Å². The molecule has 20 valence electrons. The molecule has 0 nitrogen and oxygen atoms in total. The van der Waals surface area contributed by atoms with E-state index < -0.39 is 0 Å². The maximum atomic E-state index is 0.